The summed E-state index contributed by atoms with van der Waals surface area (Å²) >= 11 is 0. The van der Waals surface area contributed by atoms with Crippen molar-refractivity contribution in [2.45, 2.75) is 58.2 Å². The van der Waals surface area contributed by atoms with Crippen LogP contribution in [0.1, 0.15) is 40.0 Å². The van der Waals surface area contributed by atoms with E-state index in [0.717, 1.165) is 0 Å². The van der Waals surface area contributed by atoms with Gasteiger partial charge in [-0.25, -0.2) is 0 Å². The standard InChI is InChI=1S/C9H21Si3/c1-4-7-11(8-5-2)12(10)9-6-3/h4-9H2,1-3H3. The summed E-state index contributed by atoms with van der Waals surface area (Å²) in [6.07, 6.45) is 4.17. The molecule has 0 saturated carbocycles. The molecule has 0 aromatic heterocycles. The van der Waals surface area contributed by atoms with Gasteiger partial charge in [-0.1, -0.05) is 58.2 Å². The van der Waals surface area contributed by atoms with Crippen LogP contribution in [0.5, 0.6) is 0 Å². The summed E-state index contributed by atoms with van der Waals surface area (Å²) in [5.74, 6) is 0. The second kappa shape index (κ2) is 8.26. The van der Waals surface area contributed by atoms with Crippen LogP contribution < -0.4 is 0 Å². The van der Waals surface area contributed by atoms with Crippen LogP contribution in [-0.4, -0.2) is 25.9 Å². The van der Waals surface area contributed by atoms with Crippen molar-refractivity contribution in [2.24, 2.45) is 0 Å². The molecule has 0 amide bonds. The Bertz CT molecular complexity index is 89.8. The molecule has 0 fully saturated rings. The third-order valence-corrected chi connectivity index (χ3v) is 14.8. The molecule has 0 unspecified atom stereocenters. The van der Waals surface area contributed by atoms with E-state index in [4.69, 9.17) is 0 Å². The fourth-order valence-electron chi connectivity index (χ4n) is 1.46. The second-order valence-electron chi connectivity index (χ2n) is 3.33. The average Bonchev–Trinajstić information content (AvgIpc) is 2.04. The molecule has 0 aliphatic heterocycles. The van der Waals surface area contributed by atoms with Crippen LogP contribution in [0.25, 0.3) is 0 Å². The van der Waals surface area contributed by atoms with Crippen molar-refractivity contribution in [2.75, 3.05) is 0 Å². The zero-order valence-corrected chi connectivity index (χ0v) is 11.7. The molecule has 0 saturated heterocycles. The molecule has 0 rings (SSSR count). The fourth-order valence-corrected chi connectivity index (χ4v) is 12.5. The Labute approximate surface area is 84.4 Å². The van der Waals surface area contributed by atoms with Gasteiger partial charge in [0.2, 0.25) is 0 Å². The molecule has 0 atom stereocenters. The summed E-state index contributed by atoms with van der Waals surface area (Å²) in [5, 5.41) is 0. The largest absolute Gasteiger partial charge is 0.0657 e. The zero-order chi connectivity index (χ0) is 9.40. The lowest BCUT2D eigenvalue weighted by Crippen LogP contribution is -2.35. The van der Waals surface area contributed by atoms with E-state index in [0.29, 0.717) is 0 Å². The molecule has 0 heterocycles. The van der Waals surface area contributed by atoms with Crippen molar-refractivity contribution in [3.8, 4) is 0 Å². The van der Waals surface area contributed by atoms with Gasteiger partial charge in [0.05, 0.1) is 0 Å². The van der Waals surface area contributed by atoms with Crippen LogP contribution in [0.2, 0.25) is 18.1 Å². The lowest BCUT2D eigenvalue weighted by atomic mass is 10.6. The molecule has 0 aromatic rings. The van der Waals surface area contributed by atoms with E-state index in [1.165, 1.54) is 37.4 Å². The smallest absolute Gasteiger partial charge is 0.0339 e. The summed E-state index contributed by atoms with van der Waals surface area (Å²) < 4.78 is 0. The highest BCUT2D eigenvalue weighted by Crippen LogP contribution is 2.11. The fraction of sp³-hybridized carbons (Fsp3) is 1.00. The van der Waals surface area contributed by atoms with E-state index >= 15 is 0 Å². The van der Waals surface area contributed by atoms with E-state index in [1.807, 2.05) is 0 Å². The summed E-state index contributed by atoms with van der Waals surface area (Å²) in [4.78, 5) is 0. The summed E-state index contributed by atoms with van der Waals surface area (Å²) in [5.41, 5.74) is 0. The predicted octanol–water partition coefficient (Wildman–Crippen LogP) is 2.95. The lowest BCUT2D eigenvalue weighted by molar-refractivity contribution is 1.01. The van der Waals surface area contributed by atoms with Gasteiger partial charge in [0.25, 0.3) is 0 Å². The van der Waals surface area contributed by atoms with Crippen molar-refractivity contribution >= 4 is 25.9 Å². The van der Waals surface area contributed by atoms with Crippen LogP contribution >= 0.6 is 0 Å². The minimum Gasteiger partial charge on any atom is -0.0657 e. The SMILES string of the molecule is CCC[Si]([Si])[Si](CCC)CCC. The minimum absolute atomic E-state index is 0.0287. The first-order valence-electron chi connectivity index (χ1n) is 5.18. The molecular weight excluding hydrogens is 192 g/mol. The average molecular weight is 214 g/mol. The first-order valence-corrected chi connectivity index (χ1v) is 11.3. The Morgan fingerprint density at radius 2 is 1.25 bits per heavy atom. The maximum atomic E-state index is 4.00. The van der Waals surface area contributed by atoms with E-state index in [9.17, 15) is 0 Å². The van der Waals surface area contributed by atoms with Gasteiger partial charge < -0.3 is 0 Å². The predicted molar refractivity (Wildman–Crippen MR) is 62.6 cm³/mol. The molecule has 69 valence electrons. The van der Waals surface area contributed by atoms with Crippen LogP contribution in [0.3, 0.4) is 0 Å². The van der Waals surface area contributed by atoms with E-state index in [1.54, 1.807) is 0 Å². The molecule has 0 spiro atoms. The molecule has 0 N–H and O–H groups in total. The Balaban J connectivity index is 3.72. The van der Waals surface area contributed by atoms with E-state index in [-0.39, 0.29) is 16.1 Å². The number of rotatable bonds is 7. The van der Waals surface area contributed by atoms with Gasteiger partial charge in [-0.05, 0) is 0 Å². The molecule has 0 aliphatic carbocycles. The molecule has 12 heavy (non-hydrogen) atoms. The van der Waals surface area contributed by atoms with Crippen molar-refractivity contribution in [1.82, 2.24) is 0 Å². The highest BCUT2D eigenvalue weighted by molar-refractivity contribution is 7.41. The quantitative estimate of drug-likeness (QED) is 0.571. The molecule has 0 aliphatic rings. The lowest BCUT2D eigenvalue weighted by Gasteiger charge is -2.19. The minimum atomic E-state index is -0.0967. The third kappa shape index (κ3) is 5.32. The van der Waals surface area contributed by atoms with Crippen LogP contribution in [0.4, 0.5) is 0 Å². The van der Waals surface area contributed by atoms with Crippen molar-refractivity contribution in [3.05, 3.63) is 0 Å². The van der Waals surface area contributed by atoms with Gasteiger partial charge in [0, 0.05) is 25.9 Å². The monoisotopic (exact) mass is 213 g/mol. The highest BCUT2D eigenvalue weighted by Gasteiger charge is 2.17. The molecular formula is C9H21Si3. The topological polar surface area (TPSA) is 0 Å². The molecule has 0 bridgehead atoms. The van der Waals surface area contributed by atoms with Gasteiger partial charge in [0.1, 0.15) is 0 Å². The normalized spacial score (nSPS) is 11.5. The Morgan fingerprint density at radius 3 is 1.58 bits per heavy atom. The first kappa shape index (κ1) is 12.7. The van der Waals surface area contributed by atoms with Crippen LogP contribution in [0.15, 0.2) is 0 Å². The summed E-state index contributed by atoms with van der Waals surface area (Å²) in [6, 6.07) is 4.56. The van der Waals surface area contributed by atoms with Gasteiger partial charge in [-0.15, -0.1) is 0 Å². The second-order valence-corrected chi connectivity index (χ2v) is 14.2. The third-order valence-electron chi connectivity index (χ3n) is 2.03. The first-order chi connectivity index (χ1) is 5.76. The van der Waals surface area contributed by atoms with Crippen LogP contribution in [-0.2, 0) is 0 Å². The van der Waals surface area contributed by atoms with Crippen molar-refractivity contribution in [3.63, 3.8) is 0 Å². The Hall–Kier alpha value is 0.651. The van der Waals surface area contributed by atoms with E-state index in [2.05, 4.69) is 30.5 Å². The molecule has 3 heteroatoms. The number of hydrogen-bond donors (Lipinski definition) is 0. The highest BCUT2D eigenvalue weighted by atomic mass is 29.6. The van der Waals surface area contributed by atoms with Crippen molar-refractivity contribution in [1.29, 1.82) is 0 Å². The molecule has 0 aromatic carbocycles. The van der Waals surface area contributed by atoms with E-state index < -0.39 is 0 Å². The summed E-state index contributed by atoms with van der Waals surface area (Å²) in [7, 11) is 3.94. The number of hydrogen-bond acceptors (Lipinski definition) is 0. The van der Waals surface area contributed by atoms with Gasteiger partial charge in [-0.2, -0.15) is 0 Å². The van der Waals surface area contributed by atoms with Crippen LogP contribution in [0, 0.1) is 0 Å². The maximum Gasteiger partial charge on any atom is 0.0339 e. The Kier molecular flexibility index (Phi) is 8.71. The maximum absolute atomic E-state index is 4.00. The van der Waals surface area contributed by atoms with Gasteiger partial charge in [-0.3, -0.25) is 0 Å². The molecule has 5 radical (unpaired) electrons. The summed E-state index contributed by atoms with van der Waals surface area (Å²) in [6.45, 7) is 6.96. The van der Waals surface area contributed by atoms with Crippen molar-refractivity contribution < 1.29 is 0 Å². The zero-order valence-electron chi connectivity index (χ0n) is 8.74. The Morgan fingerprint density at radius 1 is 0.833 bits per heavy atom. The van der Waals surface area contributed by atoms with Gasteiger partial charge in [0.15, 0.2) is 0 Å². The van der Waals surface area contributed by atoms with Gasteiger partial charge >= 0.3 is 0 Å². The molecule has 0 nitrogen and oxygen atoms in total.